The summed E-state index contributed by atoms with van der Waals surface area (Å²) in [6.45, 7) is 8.73. The number of hydrogen-bond donors (Lipinski definition) is 0. The monoisotopic (exact) mass is 190 g/mol. The van der Waals surface area contributed by atoms with Crippen LogP contribution in [0.3, 0.4) is 0 Å². The lowest BCUT2D eigenvalue weighted by Gasteiger charge is -2.37. The Kier molecular flexibility index (Phi) is 2.80. The minimum absolute atomic E-state index is 0.768. The topological polar surface area (TPSA) is 0 Å². The molecule has 78 valence electrons. The van der Waals surface area contributed by atoms with E-state index in [1.807, 2.05) is 0 Å². The van der Waals surface area contributed by atoms with Gasteiger partial charge >= 0.3 is 0 Å². The maximum atomic E-state index is 4.11. The van der Waals surface area contributed by atoms with E-state index in [1.54, 1.807) is 5.57 Å². The molecule has 0 amide bonds. The minimum Gasteiger partial charge on any atom is -0.0998 e. The molecule has 0 heteroatoms. The van der Waals surface area contributed by atoms with Crippen molar-refractivity contribution in [2.24, 2.45) is 17.8 Å². The van der Waals surface area contributed by atoms with Crippen LogP contribution in [-0.2, 0) is 0 Å². The maximum absolute atomic E-state index is 4.11. The molecule has 0 aromatic heterocycles. The quantitative estimate of drug-likeness (QED) is 0.540. The summed E-state index contributed by atoms with van der Waals surface area (Å²) < 4.78 is 0. The molecule has 0 bridgehead atoms. The number of allylic oxidation sites excluding steroid dienone is 3. The molecule has 0 aliphatic heterocycles. The molecule has 0 nitrogen and oxygen atoms in total. The second kappa shape index (κ2) is 3.92. The van der Waals surface area contributed by atoms with E-state index in [0.717, 1.165) is 17.8 Å². The van der Waals surface area contributed by atoms with Gasteiger partial charge in [-0.15, -0.1) is 0 Å². The highest BCUT2D eigenvalue weighted by Gasteiger charge is 2.30. The Morgan fingerprint density at radius 2 is 2.29 bits per heavy atom. The molecule has 1 saturated carbocycles. The van der Waals surface area contributed by atoms with Crippen molar-refractivity contribution in [1.29, 1.82) is 0 Å². The molecule has 2 aliphatic carbocycles. The maximum Gasteiger partial charge on any atom is -0.0168 e. The fourth-order valence-electron chi connectivity index (χ4n) is 3.12. The van der Waals surface area contributed by atoms with Crippen molar-refractivity contribution in [2.75, 3.05) is 0 Å². The van der Waals surface area contributed by atoms with E-state index in [4.69, 9.17) is 0 Å². The van der Waals surface area contributed by atoms with Gasteiger partial charge in [-0.25, -0.2) is 0 Å². The van der Waals surface area contributed by atoms with E-state index in [-0.39, 0.29) is 0 Å². The average Bonchev–Trinajstić information content (AvgIpc) is 2.18. The van der Waals surface area contributed by atoms with Gasteiger partial charge in [0.2, 0.25) is 0 Å². The second-order valence-electron chi connectivity index (χ2n) is 5.27. The third-order valence-corrected chi connectivity index (χ3v) is 4.19. The van der Waals surface area contributed by atoms with Crippen molar-refractivity contribution >= 4 is 0 Å². The predicted octanol–water partition coefficient (Wildman–Crippen LogP) is 4.34. The van der Waals surface area contributed by atoms with E-state index < -0.39 is 0 Å². The van der Waals surface area contributed by atoms with Crippen LogP contribution in [0.4, 0.5) is 0 Å². The Balaban J connectivity index is 2.12. The smallest absolute Gasteiger partial charge is 0.0168 e. The summed E-state index contributed by atoms with van der Waals surface area (Å²) in [5.74, 6) is 2.57. The fourth-order valence-corrected chi connectivity index (χ4v) is 3.12. The molecule has 0 aromatic carbocycles. The highest BCUT2D eigenvalue weighted by atomic mass is 14.4. The predicted molar refractivity (Wildman–Crippen MR) is 62.1 cm³/mol. The molecular formula is C14H22. The highest BCUT2D eigenvalue weighted by Crippen LogP contribution is 2.43. The summed E-state index contributed by atoms with van der Waals surface area (Å²) >= 11 is 0. The highest BCUT2D eigenvalue weighted by molar-refractivity contribution is 5.18. The van der Waals surface area contributed by atoms with Crippen LogP contribution in [0, 0.1) is 17.8 Å². The number of rotatable bonds is 1. The van der Waals surface area contributed by atoms with Crippen LogP contribution in [0.5, 0.6) is 0 Å². The first-order valence-corrected chi connectivity index (χ1v) is 6.03. The van der Waals surface area contributed by atoms with E-state index >= 15 is 0 Å². The van der Waals surface area contributed by atoms with Gasteiger partial charge in [0.05, 0.1) is 0 Å². The van der Waals surface area contributed by atoms with Gasteiger partial charge in [0.1, 0.15) is 0 Å². The lowest BCUT2D eigenvalue weighted by molar-refractivity contribution is 0.268. The Bertz CT molecular complexity index is 259. The molecular weight excluding hydrogens is 168 g/mol. The van der Waals surface area contributed by atoms with Crippen LogP contribution in [0.1, 0.15) is 46.0 Å². The SMILES string of the molecule is C=C(C)[C@@H]1CC=C2CCC[C@@H](C)C2C1. The Labute approximate surface area is 88.1 Å². The number of fused-ring (bicyclic) bond motifs is 1. The van der Waals surface area contributed by atoms with Gasteiger partial charge in [-0.05, 0) is 56.8 Å². The fraction of sp³-hybridized carbons (Fsp3) is 0.714. The third-order valence-electron chi connectivity index (χ3n) is 4.19. The zero-order valence-corrected chi connectivity index (χ0v) is 9.55. The molecule has 0 aromatic rings. The first kappa shape index (κ1) is 10.0. The molecule has 0 radical (unpaired) electrons. The van der Waals surface area contributed by atoms with E-state index in [2.05, 4.69) is 26.5 Å². The van der Waals surface area contributed by atoms with Gasteiger partial charge in [-0.2, -0.15) is 0 Å². The Morgan fingerprint density at radius 3 is 3.00 bits per heavy atom. The molecule has 0 spiro atoms. The first-order valence-electron chi connectivity index (χ1n) is 6.03. The normalized spacial score (nSPS) is 37.3. The Morgan fingerprint density at radius 1 is 1.50 bits per heavy atom. The molecule has 0 saturated heterocycles. The van der Waals surface area contributed by atoms with Crippen molar-refractivity contribution in [3.05, 3.63) is 23.8 Å². The van der Waals surface area contributed by atoms with Crippen molar-refractivity contribution < 1.29 is 0 Å². The van der Waals surface area contributed by atoms with Crippen LogP contribution in [0.25, 0.3) is 0 Å². The summed E-state index contributed by atoms with van der Waals surface area (Å²) in [4.78, 5) is 0. The van der Waals surface area contributed by atoms with Crippen LogP contribution in [0.2, 0.25) is 0 Å². The molecule has 2 rings (SSSR count). The van der Waals surface area contributed by atoms with Crippen LogP contribution in [0.15, 0.2) is 23.8 Å². The van der Waals surface area contributed by atoms with Crippen molar-refractivity contribution in [1.82, 2.24) is 0 Å². The Hall–Kier alpha value is -0.520. The molecule has 0 N–H and O–H groups in total. The largest absolute Gasteiger partial charge is 0.0998 e. The zero-order valence-electron chi connectivity index (χ0n) is 9.55. The molecule has 3 atom stereocenters. The zero-order chi connectivity index (χ0) is 10.1. The number of hydrogen-bond acceptors (Lipinski definition) is 0. The van der Waals surface area contributed by atoms with Gasteiger partial charge in [-0.1, -0.05) is 30.7 Å². The minimum atomic E-state index is 0.768. The van der Waals surface area contributed by atoms with Crippen LogP contribution < -0.4 is 0 Å². The molecule has 0 heterocycles. The summed E-state index contributed by atoms with van der Waals surface area (Å²) in [6, 6.07) is 0. The summed E-state index contributed by atoms with van der Waals surface area (Å²) in [5.41, 5.74) is 3.15. The third kappa shape index (κ3) is 1.80. The lowest BCUT2D eigenvalue weighted by Crippen LogP contribution is -2.25. The van der Waals surface area contributed by atoms with Gasteiger partial charge in [-0.3, -0.25) is 0 Å². The summed E-state index contributed by atoms with van der Waals surface area (Å²) in [6.07, 6.45) is 9.38. The molecule has 1 fully saturated rings. The lowest BCUT2D eigenvalue weighted by atomic mass is 9.68. The van der Waals surface area contributed by atoms with Crippen LogP contribution >= 0.6 is 0 Å². The van der Waals surface area contributed by atoms with Crippen molar-refractivity contribution in [2.45, 2.75) is 46.0 Å². The molecule has 14 heavy (non-hydrogen) atoms. The van der Waals surface area contributed by atoms with E-state index in [1.165, 1.54) is 37.7 Å². The van der Waals surface area contributed by atoms with E-state index in [9.17, 15) is 0 Å². The average molecular weight is 190 g/mol. The summed E-state index contributed by atoms with van der Waals surface area (Å²) in [7, 11) is 0. The van der Waals surface area contributed by atoms with Gasteiger partial charge in [0.25, 0.3) is 0 Å². The molecule has 1 unspecified atom stereocenters. The summed E-state index contributed by atoms with van der Waals surface area (Å²) in [5, 5.41) is 0. The van der Waals surface area contributed by atoms with Gasteiger partial charge in [0.15, 0.2) is 0 Å². The van der Waals surface area contributed by atoms with Crippen molar-refractivity contribution in [3.8, 4) is 0 Å². The van der Waals surface area contributed by atoms with E-state index in [0.29, 0.717) is 0 Å². The standard InChI is InChI=1S/C14H22/c1-10(2)13-8-7-12-6-4-5-11(3)14(12)9-13/h7,11,13-14H,1,4-6,8-9H2,2-3H3/t11-,13-,14?/m1/s1. The van der Waals surface area contributed by atoms with Gasteiger partial charge in [0, 0.05) is 0 Å². The van der Waals surface area contributed by atoms with Crippen LogP contribution in [-0.4, -0.2) is 0 Å². The van der Waals surface area contributed by atoms with Crippen molar-refractivity contribution in [3.63, 3.8) is 0 Å². The second-order valence-corrected chi connectivity index (χ2v) is 5.27. The molecule has 2 aliphatic rings. The van der Waals surface area contributed by atoms with Gasteiger partial charge < -0.3 is 0 Å². The first-order chi connectivity index (χ1) is 6.68.